The maximum atomic E-state index is 2.43. The fourth-order valence-corrected chi connectivity index (χ4v) is 12.3. The minimum atomic E-state index is 1.12. The number of nitrogens with zero attached hydrogens (tertiary/aromatic N) is 2. The number of benzene rings is 11. The van der Waals surface area contributed by atoms with E-state index in [9.17, 15) is 0 Å². The van der Waals surface area contributed by atoms with Crippen LogP contribution >= 0.6 is 0 Å². The van der Waals surface area contributed by atoms with Crippen LogP contribution in [0.1, 0.15) is 109 Å². The Morgan fingerprint density at radius 3 is 0.897 bits per heavy atom. The minimum Gasteiger partial charge on any atom is -0.310 e. The summed E-state index contributed by atoms with van der Waals surface area (Å²) < 4.78 is 0. The Morgan fingerprint density at radius 2 is 0.551 bits per heavy atom. The third-order valence-corrected chi connectivity index (χ3v) is 16.5. The Balaban J connectivity index is 0.841. The molecule has 2 aliphatic rings. The van der Waals surface area contributed by atoms with Crippen LogP contribution in [-0.4, -0.2) is 0 Å². The zero-order chi connectivity index (χ0) is 52.4. The van der Waals surface area contributed by atoms with Crippen LogP contribution in [0.2, 0.25) is 0 Å². The fraction of sp³-hybridized carbons (Fsp3) is 0.158. The van der Waals surface area contributed by atoms with Gasteiger partial charge in [-0.05, 0) is 192 Å². The van der Waals surface area contributed by atoms with Gasteiger partial charge in [0, 0.05) is 33.5 Å². The van der Waals surface area contributed by atoms with Gasteiger partial charge in [0.05, 0.1) is 11.4 Å². The first kappa shape index (κ1) is 48.9. The van der Waals surface area contributed by atoms with Gasteiger partial charge in [-0.15, -0.1) is 0 Å². The molecule has 2 fully saturated rings. The maximum Gasteiger partial charge on any atom is 0.0540 e. The van der Waals surface area contributed by atoms with Crippen LogP contribution in [0.15, 0.2) is 217 Å². The summed E-state index contributed by atoms with van der Waals surface area (Å²) in [5.41, 5.74) is 19.8. The monoisotopic (exact) mass is 1010 g/mol. The first-order valence-electron chi connectivity index (χ1n) is 28.5. The summed E-state index contributed by atoms with van der Waals surface area (Å²) in [5.74, 6) is 0. The smallest absolute Gasteiger partial charge is 0.0540 e. The third-order valence-electron chi connectivity index (χ3n) is 16.5. The lowest BCUT2D eigenvalue weighted by Crippen LogP contribution is -2.11. The van der Waals surface area contributed by atoms with Crippen LogP contribution in [0.4, 0.5) is 34.1 Å². The molecule has 11 aromatic carbocycles. The van der Waals surface area contributed by atoms with E-state index in [0.717, 1.165) is 34.1 Å². The molecule has 2 aliphatic carbocycles. The Labute approximate surface area is 461 Å². The summed E-state index contributed by atoms with van der Waals surface area (Å²) in [4.78, 5) is 4.87. The molecule has 2 saturated carbocycles. The lowest BCUT2D eigenvalue weighted by Gasteiger charge is -2.29. The lowest BCUT2D eigenvalue weighted by molar-refractivity contribution is 0.602. The first-order chi connectivity index (χ1) is 38.5. The number of aryl methyl sites for hydroxylation is 2. The van der Waals surface area contributed by atoms with E-state index in [0.29, 0.717) is 0 Å². The van der Waals surface area contributed by atoms with Gasteiger partial charge in [-0.2, -0.15) is 0 Å². The Kier molecular flexibility index (Phi) is 13.6. The van der Waals surface area contributed by atoms with Crippen LogP contribution in [0.3, 0.4) is 0 Å². The molecule has 0 amide bonds. The fourth-order valence-electron chi connectivity index (χ4n) is 12.3. The van der Waals surface area contributed by atoms with Crippen molar-refractivity contribution in [2.75, 3.05) is 9.80 Å². The minimum absolute atomic E-state index is 1.12. The molecule has 0 spiro atoms. The van der Waals surface area contributed by atoms with Gasteiger partial charge in [-0.3, -0.25) is 0 Å². The molecular formula is C76H66N2. The summed E-state index contributed by atoms with van der Waals surface area (Å²) in [5, 5.41) is 10.1. The zero-order valence-corrected chi connectivity index (χ0v) is 45.1. The van der Waals surface area contributed by atoms with Gasteiger partial charge in [0.25, 0.3) is 0 Å². The highest BCUT2D eigenvalue weighted by atomic mass is 15.1. The standard InChI is InChI=1S/C76H66N2/c1-53-19-39-63(40-20-53)77(65-43-35-57(36-44-65)25-23-55-27-31-61(32-28-55)51-59-11-5-3-6-12-59)73-49-47-69-68-16-10-18-72-74(50-48-70(76(68)72)67-15-9-17-71(73)75(67)69)78(64-41-21-54(2)22-42-64)66-45-37-58(38-46-66)26-24-56-29-33-62(34-30-56)52-60-13-7-4-8-14-60/h9-10,15-52H,3-8,11-14H2,1-2H3/b25-23+,26-24+. The van der Waals surface area contributed by atoms with E-state index >= 15 is 0 Å². The number of rotatable bonds is 12. The average molecular weight is 1010 g/mol. The topological polar surface area (TPSA) is 6.48 Å². The van der Waals surface area contributed by atoms with Crippen LogP contribution in [0.5, 0.6) is 0 Å². The predicted octanol–water partition coefficient (Wildman–Crippen LogP) is 22.3. The zero-order valence-electron chi connectivity index (χ0n) is 45.1. The van der Waals surface area contributed by atoms with E-state index in [2.05, 4.69) is 266 Å². The molecule has 0 aromatic heterocycles. The Hall–Kier alpha value is -8.72. The second kappa shape index (κ2) is 21.7. The molecule has 78 heavy (non-hydrogen) atoms. The molecule has 0 radical (unpaired) electrons. The van der Waals surface area contributed by atoms with Crippen molar-refractivity contribution in [2.45, 2.75) is 78.1 Å². The summed E-state index contributed by atoms with van der Waals surface area (Å²) in [6.07, 6.45) is 26.7. The number of hydrogen-bond acceptors (Lipinski definition) is 2. The first-order valence-corrected chi connectivity index (χ1v) is 28.5. The molecule has 11 aromatic rings. The van der Waals surface area contributed by atoms with Gasteiger partial charge in [-0.1, -0.05) is 217 Å². The van der Waals surface area contributed by atoms with Crippen LogP contribution in [0, 0.1) is 13.8 Å². The molecule has 0 heterocycles. The van der Waals surface area contributed by atoms with Gasteiger partial charge >= 0.3 is 0 Å². The largest absolute Gasteiger partial charge is 0.310 e. The molecule has 0 bridgehead atoms. The molecule has 0 saturated heterocycles. The van der Waals surface area contributed by atoms with Gasteiger partial charge in [0.1, 0.15) is 0 Å². The highest BCUT2D eigenvalue weighted by molar-refractivity contribution is 6.35. The van der Waals surface area contributed by atoms with Gasteiger partial charge in [-0.25, -0.2) is 0 Å². The summed E-state index contributed by atoms with van der Waals surface area (Å²) in [6.45, 7) is 4.32. The van der Waals surface area contributed by atoms with E-state index in [-0.39, 0.29) is 0 Å². The molecular weight excluding hydrogens is 941 g/mol. The van der Waals surface area contributed by atoms with Crippen molar-refractivity contribution in [1.82, 2.24) is 0 Å². The SMILES string of the molecule is Cc1ccc(N(c2ccc(/C=C/c3ccc(C=C4CCCCC4)cc3)cc2)c2ccc3c4cccc5c(N(c6ccc(C)cc6)c6ccc(/C=C/c7ccc(C=C8CCCCC8)cc7)cc6)ccc(c6cccc2c63)c54)cc1. The Bertz CT molecular complexity index is 3740. The van der Waals surface area contributed by atoms with E-state index in [1.54, 1.807) is 11.1 Å². The number of allylic oxidation sites excluding steroid dienone is 2. The highest BCUT2D eigenvalue weighted by Gasteiger charge is 2.23. The lowest BCUT2D eigenvalue weighted by atomic mass is 9.88. The van der Waals surface area contributed by atoms with E-state index in [1.807, 2.05) is 0 Å². The summed E-state index contributed by atoms with van der Waals surface area (Å²) in [7, 11) is 0. The van der Waals surface area contributed by atoms with E-state index in [1.165, 1.54) is 152 Å². The molecule has 0 unspecified atom stereocenters. The summed E-state index contributed by atoms with van der Waals surface area (Å²) >= 11 is 0. The van der Waals surface area contributed by atoms with Crippen molar-refractivity contribution in [3.8, 4) is 0 Å². The van der Waals surface area contributed by atoms with Crippen LogP contribution in [0.25, 0.3) is 79.5 Å². The maximum absolute atomic E-state index is 2.43. The number of anilines is 6. The number of hydrogen-bond donors (Lipinski definition) is 0. The molecule has 0 N–H and O–H groups in total. The molecule has 2 heteroatoms. The molecule has 13 rings (SSSR count). The van der Waals surface area contributed by atoms with Gasteiger partial charge < -0.3 is 9.80 Å². The molecule has 2 nitrogen and oxygen atoms in total. The van der Waals surface area contributed by atoms with Crippen molar-refractivity contribution in [2.24, 2.45) is 0 Å². The molecule has 0 aliphatic heterocycles. The van der Waals surface area contributed by atoms with Crippen molar-refractivity contribution >= 4 is 114 Å². The van der Waals surface area contributed by atoms with Crippen LogP contribution < -0.4 is 9.80 Å². The molecule has 0 atom stereocenters. The van der Waals surface area contributed by atoms with Gasteiger partial charge in [0.2, 0.25) is 0 Å². The van der Waals surface area contributed by atoms with Crippen molar-refractivity contribution in [3.05, 3.63) is 262 Å². The quantitative estimate of drug-likeness (QED) is 0.0684. The average Bonchev–Trinajstić information content (AvgIpc) is 3.66. The number of fused-ring (bicyclic) bond motifs is 2. The van der Waals surface area contributed by atoms with Crippen molar-refractivity contribution < 1.29 is 0 Å². The van der Waals surface area contributed by atoms with Crippen molar-refractivity contribution in [1.29, 1.82) is 0 Å². The van der Waals surface area contributed by atoms with Crippen LogP contribution in [-0.2, 0) is 0 Å². The predicted molar refractivity (Wildman–Crippen MR) is 339 cm³/mol. The third kappa shape index (κ3) is 10.1. The van der Waals surface area contributed by atoms with Gasteiger partial charge in [0.15, 0.2) is 0 Å². The van der Waals surface area contributed by atoms with E-state index in [4.69, 9.17) is 0 Å². The molecule has 380 valence electrons. The Morgan fingerprint density at radius 1 is 0.269 bits per heavy atom. The van der Waals surface area contributed by atoms with Crippen molar-refractivity contribution in [3.63, 3.8) is 0 Å². The van der Waals surface area contributed by atoms with E-state index < -0.39 is 0 Å². The normalized spacial score (nSPS) is 14.1. The second-order valence-electron chi connectivity index (χ2n) is 22.0. The highest BCUT2D eigenvalue weighted by Crippen LogP contribution is 2.49. The summed E-state index contributed by atoms with van der Waals surface area (Å²) in [6, 6.07) is 77.2. The second-order valence-corrected chi connectivity index (χ2v) is 22.0.